The predicted octanol–water partition coefficient (Wildman–Crippen LogP) is -1.97. The molecule has 0 aromatic heterocycles. The third-order valence-corrected chi connectivity index (χ3v) is 1.08. The summed E-state index contributed by atoms with van der Waals surface area (Å²) in [6.45, 7) is 1.37. The van der Waals surface area contributed by atoms with Crippen molar-refractivity contribution in [1.82, 2.24) is 10.6 Å². The zero-order valence-electron chi connectivity index (χ0n) is 6.57. The fourth-order valence-electron chi connectivity index (χ4n) is 0.584. The van der Waals surface area contributed by atoms with Crippen molar-refractivity contribution in [2.24, 2.45) is 11.5 Å². The van der Waals surface area contributed by atoms with Crippen molar-refractivity contribution >= 4 is 12.1 Å². The minimum absolute atomic E-state index is 0.852. The van der Waals surface area contributed by atoms with Gasteiger partial charge in [0.1, 0.15) is 6.17 Å². The monoisotopic (exact) mass is 176 g/mol. The second-order valence-electron chi connectivity index (χ2n) is 2.24. The van der Waals surface area contributed by atoms with Crippen LogP contribution in [0.15, 0.2) is 0 Å². The van der Waals surface area contributed by atoms with Crippen molar-refractivity contribution < 1.29 is 14.7 Å². The molecule has 0 saturated heterocycles. The molecule has 0 aliphatic heterocycles. The van der Waals surface area contributed by atoms with Gasteiger partial charge < -0.3 is 27.2 Å². The summed E-state index contributed by atoms with van der Waals surface area (Å²) in [5.74, 6) is 0. The van der Waals surface area contributed by atoms with Gasteiger partial charge in [-0.1, -0.05) is 0 Å². The standard InChI is InChI=1S/C5H12N4O3/c1-2(10)3(8-4(6)11)9-5(7)12/h2-3,10H,1H3,(H3,6,8,11)(H3,7,9,12). The molecule has 1 unspecified atom stereocenters. The average Bonchev–Trinajstić information content (AvgIpc) is 1.83. The number of aliphatic hydroxyl groups is 1. The maximum absolute atomic E-state index is 10.3. The van der Waals surface area contributed by atoms with E-state index in [0.717, 1.165) is 0 Å². The molecule has 0 fully saturated rings. The molecular weight excluding hydrogens is 164 g/mol. The van der Waals surface area contributed by atoms with E-state index in [1.54, 1.807) is 0 Å². The molecule has 0 radical (unpaired) electrons. The van der Waals surface area contributed by atoms with E-state index in [9.17, 15) is 9.59 Å². The van der Waals surface area contributed by atoms with Crippen LogP contribution in [-0.4, -0.2) is 29.4 Å². The summed E-state index contributed by atoms with van der Waals surface area (Å²) in [6, 6.07) is -1.70. The Morgan fingerprint density at radius 1 is 1.25 bits per heavy atom. The van der Waals surface area contributed by atoms with Gasteiger partial charge in [0.15, 0.2) is 0 Å². The molecule has 0 spiro atoms. The van der Waals surface area contributed by atoms with Gasteiger partial charge in [-0.3, -0.25) is 0 Å². The molecule has 1 atom stereocenters. The zero-order chi connectivity index (χ0) is 9.72. The molecule has 0 aromatic rings. The third-order valence-electron chi connectivity index (χ3n) is 1.08. The number of hydrogen-bond acceptors (Lipinski definition) is 3. The number of rotatable bonds is 3. The Morgan fingerprint density at radius 2 is 1.58 bits per heavy atom. The highest BCUT2D eigenvalue weighted by molar-refractivity contribution is 5.75. The molecule has 7 nitrogen and oxygen atoms in total. The zero-order valence-corrected chi connectivity index (χ0v) is 6.57. The van der Waals surface area contributed by atoms with Crippen molar-refractivity contribution in [2.75, 3.05) is 0 Å². The molecular formula is C5H12N4O3. The molecule has 0 heterocycles. The molecule has 12 heavy (non-hydrogen) atoms. The summed E-state index contributed by atoms with van der Waals surface area (Å²) in [4.78, 5) is 20.6. The smallest absolute Gasteiger partial charge is 0.313 e. The lowest BCUT2D eigenvalue weighted by Gasteiger charge is -2.20. The number of aliphatic hydroxyl groups excluding tert-OH is 1. The minimum atomic E-state index is -0.968. The normalized spacial score (nSPS) is 12.2. The van der Waals surface area contributed by atoms with Crippen LogP contribution in [0.1, 0.15) is 6.92 Å². The minimum Gasteiger partial charge on any atom is -0.389 e. The fraction of sp³-hybridized carbons (Fsp3) is 0.600. The number of nitrogens with two attached hydrogens (primary N) is 2. The number of hydrogen-bond donors (Lipinski definition) is 5. The number of primary amides is 2. The largest absolute Gasteiger partial charge is 0.389 e. The van der Waals surface area contributed by atoms with Crippen molar-refractivity contribution in [2.45, 2.75) is 19.2 Å². The molecule has 0 rings (SSSR count). The van der Waals surface area contributed by atoms with Crippen LogP contribution in [0.3, 0.4) is 0 Å². The summed E-state index contributed by atoms with van der Waals surface area (Å²) in [5.41, 5.74) is 9.51. The first-order chi connectivity index (χ1) is 5.43. The second-order valence-corrected chi connectivity index (χ2v) is 2.24. The highest BCUT2D eigenvalue weighted by atomic mass is 16.3. The average molecular weight is 176 g/mol. The van der Waals surface area contributed by atoms with E-state index < -0.39 is 24.3 Å². The lowest BCUT2D eigenvalue weighted by atomic mass is 10.3. The molecule has 70 valence electrons. The molecule has 0 aliphatic rings. The quantitative estimate of drug-likeness (QED) is 0.319. The fourth-order valence-corrected chi connectivity index (χ4v) is 0.584. The summed E-state index contributed by atoms with van der Waals surface area (Å²) in [6.07, 6.45) is -1.93. The van der Waals surface area contributed by atoms with Crippen LogP contribution in [0.25, 0.3) is 0 Å². The first-order valence-electron chi connectivity index (χ1n) is 3.23. The van der Waals surface area contributed by atoms with Gasteiger partial charge >= 0.3 is 12.1 Å². The Morgan fingerprint density at radius 3 is 1.75 bits per heavy atom. The van der Waals surface area contributed by atoms with Crippen LogP contribution in [0, 0.1) is 0 Å². The second kappa shape index (κ2) is 4.39. The van der Waals surface area contributed by atoms with Gasteiger partial charge in [-0.25, -0.2) is 9.59 Å². The van der Waals surface area contributed by atoms with Gasteiger partial charge in [-0.05, 0) is 6.92 Å². The van der Waals surface area contributed by atoms with Gasteiger partial charge in [-0.15, -0.1) is 0 Å². The van der Waals surface area contributed by atoms with Gasteiger partial charge in [0.25, 0.3) is 0 Å². The van der Waals surface area contributed by atoms with Crippen LogP contribution >= 0.6 is 0 Å². The lowest BCUT2D eigenvalue weighted by Crippen LogP contribution is -2.56. The highest BCUT2D eigenvalue weighted by Gasteiger charge is 2.16. The van der Waals surface area contributed by atoms with E-state index >= 15 is 0 Å². The van der Waals surface area contributed by atoms with E-state index in [2.05, 4.69) is 10.6 Å². The van der Waals surface area contributed by atoms with Crippen molar-refractivity contribution in [3.05, 3.63) is 0 Å². The molecule has 7 heteroatoms. The van der Waals surface area contributed by atoms with Gasteiger partial charge in [0.05, 0.1) is 6.10 Å². The van der Waals surface area contributed by atoms with E-state index in [-0.39, 0.29) is 0 Å². The Kier molecular flexibility index (Phi) is 3.84. The van der Waals surface area contributed by atoms with E-state index in [1.165, 1.54) is 6.92 Å². The van der Waals surface area contributed by atoms with Crippen LogP contribution in [-0.2, 0) is 0 Å². The van der Waals surface area contributed by atoms with Gasteiger partial charge in [-0.2, -0.15) is 0 Å². The number of carbonyl (C=O) groups is 2. The first-order valence-corrected chi connectivity index (χ1v) is 3.23. The summed E-state index contributed by atoms with van der Waals surface area (Å²) in [7, 11) is 0. The summed E-state index contributed by atoms with van der Waals surface area (Å²) >= 11 is 0. The summed E-state index contributed by atoms with van der Waals surface area (Å²) < 4.78 is 0. The number of amides is 4. The Bertz CT molecular complexity index is 166. The van der Waals surface area contributed by atoms with Crippen LogP contribution in [0.4, 0.5) is 9.59 Å². The molecule has 0 aliphatic carbocycles. The summed E-state index contributed by atoms with van der Waals surface area (Å²) in [5, 5.41) is 13.1. The topological polar surface area (TPSA) is 130 Å². The van der Waals surface area contributed by atoms with Crippen molar-refractivity contribution in [3.63, 3.8) is 0 Å². The molecule has 7 N–H and O–H groups in total. The maximum atomic E-state index is 10.3. The van der Waals surface area contributed by atoms with Crippen molar-refractivity contribution in [3.8, 4) is 0 Å². The molecule has 0 bridgehead atoms. The Labute approximate surface area is 69.1 Å². The Balaban J connectivity index is 4.04. The predicted molar refractivity (Wildman–Crippen MR) is 40.9 cm³/mol. The number of carbonyl (C=O) groups excluding carboxylic acids is 2. The number of urea groups is 2. The first kappa shape index (κ1) is 10.5. The van der Waals surface area contributed by atoms with E-state index in [4.69, 9.17) is 16.6 Å². The van der Waals surface area contributed by atoms with E-state index in [0.29, 0.717) is 0 Å². The SMILES string of the molecule is CC(O)C(NC(N)=O)NC(N)=O. The maximum Gasteiger partial charge on any atom is 0.313 e. The highest BCUT2D eigenvalue weighted by Crippen LogP contribution is 1.86. The number of nitrogens with one attached hydrogen (secondary N) is 2. The molecule has 0 aromatic carbocycles. The third kappa shape index (κ3) is 4.34. The molecule has 0 saturated carbocycles. The van der Waals surface area contributed by atoms with Crippen LogP contribution in [0.2, 0.25) is 0 Å². The van der Waals surface area contributed by atoms with Crippen LogP contribution < -0.4 is 22.1 Å². The van der Waals surface area contributed by atoms with Crippen molar-refractivity contribution in [1.29, 1.82) is 0 Å². The lowest BCUT2D eigenvalue weighted by molar-refractivity contribution is 0.133. The van der Waals surface area contributed by atoms with Gasteiger partial charge in [0, 0.05) is 0 Å². The Hall–Kier alpha value is -1.50. The van der Waals surface area contributed by atoms with E-state index in [1.807, 2.05) is 0 Å². The molecule has 4 amide bonds. The van der Waals surface area contributed by atoms with Gasteiger partial charge in [0.2, 0.25) is 0 Å². The van der Waals surface area contributed by atoms with Crippen LogP contribution in [0.5, 0.6) is 0 Å².